The summed E-state index contributed by atoms with van der Waals surface area (Å²) in [5.74, 6) is -1.37. The van der Waals surface area contributed by atoms with E-state index < -0.39 is 30.0 Å². The Bertz CT molecular complexity index is 302. The molecule has 7 heteroatoms. The number of Topliss-reactive ketones (excluding diaryl/α,β-unsaturated/α-hetero) is 1. The van der Waals surface area contributed by atoms with Crippen molar-refractivity contribution in [2.75, 3.05) is 6.54 Å². The molecule has 0 heterocycles. The molecule has 0 rings (SSSR count). The monoisotopic (exact) mass is 245 g/mol. The first-order valence-corrected chi connectivity index (χ1v) is 5.27. The fourth-order valence-electron chi connectivity index (χ4n) is 1.11. The first-order chi connectivity index (χ1) is 7.75. The van der Waals surface area contributed by atoms with Crippen LogP contribution in [0.1, 0.15) is 20.8 Å². The molecular weight excluding hydrogens is 226 g/mol. The first kappa shape index (κ1) is 15.5. The third-order valence-electron chi connectivity index (χ3n) is 2.07. The van der Waals surface area contributed by atoms with Gasteiger partial charge in [0.1, 0.15) is 6.04 Å². The number of hydrogen-bond donors (Lipinski definition) is 4. The molecule has 0 bridgehead atoms. The van der Waals surface area contributed by atoms with Crippen LogP contribution in [0.2, 0.25) is 0 Å². The van der Waals surface area contributed by atoms with Gasteiger partial charge in [0.05, 0.1) is 18.7 Å². The van der Waals surface area contributed by atoms with Crippen LogP contribution in [0.25, 0.3) is 0 Å². The number of aliphatic hydroxyl groups is 1. The lowest BCUT2D eigenvalue weighted by atomic mass is 10.1. The molecule has 0 aliphatic rings. The van der Waals surface area contributed by atoms with Crippen molar-refractivity contribution in [1.29, 1.82) is 0 Å². The zero-order chi connectivity index (χ0) is 13.6. The number of rotatable bonds is 6. The van der Waals surface area contributed by atoms with Crippen LogP contribution in [0.15, 0.2) is 0 Å². The topological polar surface area (TPSA) is 122 Å². The van der Waals surface area contributed by atoms with Crippen molar-refractivity contribution in [2.45, 2.75) is 39.0 Å². The third-order valence-corrected chi connectivity index (χ3v) is 2.07. The Balaban J connectivity index is 4.17. The Labute approximate surface area is 99.7 Å². The highest BCUT2D eigenvalue weighted by molar-refractivity contribution is 5.91. The molecule has 0 aliphatic carbocycles. The SMILES string of the molecule is CC(=O)C(NC(=O)CNC(=O)C(C)N)C(C)O. The van der Waals surface area contributed by atoms with Gasteiger partial charge in [0.15, 0.2) is 5.78 Å². The maximum absolute atomic E-state index is 11.4. The van der Waals surface area contributed by atoms with Gasteiger partial charge in [0.2, 0.25) is 11.8 Å². The Kier molecular flexibility index (Phi) is 6.37. The quantitative estimate of drug-likeness (QED) is 0.427. The van der Waals surface area contributed by atoms with E-state index in [1.165, 1.54) is 20.8 Å². The third kappa shape index (κ3) is 5.98. The van der Waals surface area contributed by atoms with E-state index in [-0.39, 0.29) is 12.3 Å². The highest BCUT2D eigenvalue weighted by atomic mass is 16.3. The molecule has 0 radical (unpaired) electrons. The molecule has 5 N–H and O–H groups in total. The molecule has 0 saturated heterocycles. The van der Waals surface area contributed by atoms with Gasteiger partial charge in [-0.1, -0.05) is 0 Å². The molecule has 3 unspecified atom stereocenters. The normalized spacial score (nSPS) is 15.6. The molecule has 0 aliphatic heterocycles. The van der Waals surface area contributed by atoms with Gasteiger partial charge in [0, 0.05) is 0 Å². The maximum atomic E-state index is 11.4. The molecular formula is C10H19N3O4. The predicted octanol–water partition coefficient (Wildman–Crippen LogP) is -2.10. The van der Waals surface area contributed by atoms with E-state index in [2.05, 4.69) is 10.6 Å². The molecule has 0 saturated carbocycles. The van der Waals surface area contributed by atoms with E-state index in [0.717, 1.165) is 0 Å². The zero-order valence-electron chi connectivity index (χ0n) is 10.2. The summed E-state index contributed by atoms with van der Waals surface area (Å²) in [5.41, 5.74) is 5.28. The number of hydrogen-bond acceptors (Lipinski definition) is 5. The minimum absolute atomic E-state index is 0.281. The number of ketones is 1. The summed E-state index contributed by atoms with van der Waals surface area (Å²) in [6.45, 7) is 3.86. The number of carbonyl (C=O) groups excluding carboxylic acids is 3. The van der Waals surface area contributed by atoms with Gasteiger partial charge >= 0.3 is 0 Å². The highest BCUT2D eigenvalue weighted by Crippen LogP contribution is 1.94. The standard InChI is InChI=1S/C10H19N3O4/c1-5(11)10(17)12-4-8(16)13-9(6(2)14)7(3)15/h5-6,9,14H,4,11H2,1-3H3,(H,12,17)(H,13,16). The number of amides is 2. The van der Waals surface area contributed by atoms with Crippen molar-refractivity contribution < 1.29 is 19.5 Å². The summed E-state index contributed by atoms with van der Waals surface area (Å²) in [7, 11) is 0. The summed E-state index contributed by atoms with van der Waals surface area (Å²) in [5, 5.41) is 13.9. The minimum Gasteiger partial charge on any atom is -0.391 e. The molecule has 0 spiro atoms. The second-order valence-corrected chi connectivity index (χ2v) is 3.90. The maximum Gasteiger partial charge on any atom is 0.240 e. The molecule has 7 nitrogen and oxygen atoms in total. The van der Waals surface area contributed by atoms with E-state index in [1.807, 2.05) is 0 Å². The lowest BCUT2D eigenvalue weighted by molar-refractivity contribution is -0.130. The van der Waals surface area contributed by atoms with E-state index in [1.54, 1.807) is 0 Å². The van der Waals surface area contributed by atoms with Gasteiger partial charge in [0.25, 0.3) is 0 Å². The van der Waals surface area contributed by atoms with Crippen molar-refractivity contribution in [2.24, 2.45) is 5.73 Å². The van der Waals surface area contributed by atoms with Gasteiger partial charge in [-0.05, 0) is 20.8 Å². The summed E-state index contributed by atoms with van der Waals surface area (Å²) >= 11 is 0. The molecule has 2 amide bonds. The van der Waals surface area contributed by atoms with Crippen molar-refractivity contribution in [3.63, 3.8) is 0 Å². The van der Waals surface area contributed by atoms with Crippen LogP contribution < -0.4 is 16.4 Å². The Morgan fingerprint density at radius 3 is 2.18 bits per heavy atom. The van der Waals surface area contributed by atoms with Crippen LogP contribution in [0.4, 0.5) is 0 Å². The Morgan fingerprint density at radius 2 is 1.82 bits per heavy atom. The van der Waals surface area contributed by atoms with Crippen molar-refractivity contribution in [3.05, 3.63) is 0 Å². The second kappa shape index (κ2) is 6.97. The number of aliphatic hydroxyl groups excluding tert-OH is 1. The van der Waals surface area contributed by atoms with Gasteiger partial charge in [-0.3, -0.25) is 14.4 Å². The molecule has 98 valence electrons. The number of carbonyl (C=O) groups is 3. The largest absolute Gasteiger partial charge is 0.391 e. The first-order valence-electron chi connectivity index (χ1n) is 5.27. The Morgan fingerprint density at radius 1 is 1.29 bits per heavy atom. The molecule has 17 heavy (non-hydrogen) atoms. The van der Waals surface area contributed by atoms with E-state index >= 15 is 0 Å². The fourth-order valence-corrected chi connectivity index (χ4v) is 1.11. The fraction of sp³-hybridized carbons (Fsp3) is 0.700. The zero-order valence-corrected chi connectivity index (χ0v) is 10.2. The van der Waals surface area contributed by atoms with Crippen LogP contribution in [-0.2, 0) is 14.4 Å². The molecule has 3 atom stereocenters. The molecule has 0 aromatic carbocycles. The molecule has 0 fully saturated rings. The van der Waals surface area contributed by atoms with E-state index in [0.29, 0.717) is 0 Å². The summed E-state index contributed by atoms with van der Waals surface area (Å²) in [6.07, 6.45) is -0.986. The van der Waals surface area contributed by atoms with Crippen LogP contribution in [0, 0.1) is 0 Å². The predicted molar refractivity (Wildman–Crippen MR) is 61.0 cm³/mol. The van der Waals surface area contributed by atoms with E-state index in [4.69, 9.17) is 5.73 Å². The highest BCUT2D eigenvalue weighted by Gasteiger charge is 2.22. The second-order valence-electron chi connectivity index (χ2n) is 3.90. The van der Waals surface area contributed by atoms with Crippen LogP contribution >= 0.6 is 0 Å². The Hall–Kier alpha value is -1.47. The van der Waals surface area contributed by atoms with E-state index in [9.17, 15) is 19.5 Å². The average Bonchev–Trinajstić information content (AvgIpc) is 2.21. The van der Waals surface area contributed by atoms with Crippen molar-refractivity contribution >= 4 is 17.6 Å². The van der Waals surface area contributed by atoms with Gasteiger partial charge in [-0.25, -0.2) is 0 Å². The van der Waals surface area contributed by atoms with Crippen LogP contribution in [-0.4, -0.2) is 47.4 Å². The number of nitrogens with one attached hydrogen (secondary N) is 2. The lowest BCUT2D eigenvalue weighted by Gasteiger charge is -2.18. The van der Waals surface area contributed by atoms with Crippen molar-refractivity contribution in [3.8, 4) is 0 Å². The minimum atomic E-state index is -0.986. The lowest BCUT2D eigenvalue weighted by Crippen LogP contribution is -2.51. The van der Waals surface area contributed by atoms with Gasteiger partial charge < -0.3 is 21.5 Å². The average molecular weight is 245 g/mol. The molecule has 0 aromatic heterocycles. The summed E-state index contributed by atoms with van der Waals surface area (Å²) < 4.78 is 0. The smallest absolute Gasteiger partial charge is 0.240 e. The number of nitrogens with two attached hydrogens (primary N) is 1. The van der Waals surface area contributed by atoms with Gasteiger partial charge in [-0.15, -0.1) is 0 Å². The molecule has 0 aromatic rings. The van der Waals surface area contributed by atoms with Gasteiger partial charge in [-0.2, -0.15) is 0 Å². The van der Waals surface area contributed by atoms with Crippen LogP contribution in [0.5, 0.6) is 0 Å². The van der Waals surface area contributed by atoms with Crippen molar-refractivity contribution in [1.82, 2.24) is 10.6 Å². The van der Waals surface area contributed by atoms with Crippen LogP contribution in [0.3, 0.4) is 0 Å². The summed E-state index contributed by atoms with van der Waals surface area (Å²) in [6, 6.07) is -1.67. The summed E-state index contributed by atoms with van der Waals surface area (Å²) in [4.78, 5) is 33.5.